The van der Waals surface area contributed by atoms with Gasteiger partial charge in [-0.15, -0.1) is 0 Å². The van der Waals surface area contributed by atoms with Gasteiger partial charge in [-0.05, 0) is 66.8 Å². The fourth-order valence-corrected chi connectivity index (χ4v) is 3.91. The molecule has 0 aliphatic heterocycles. The van der Waals surface area contributed by atoms with Crippen LogP contribution in [0.25, 0.3) is 0 Å². The highest BCUT2D eigenvalue weighted by Crippen LogP contribution is 2.48. The second kappa shape index (κ2) is 7.85. The Morgan fingerprint density at radius 2 is 1.75 bits per heavy atom. The highest BCUT2D eigenvalue weighted by molar-refractivity contribution is 5.34. The van der Waals surface area contributed by atoms with Gasteiger partial charge in [0.25, 0.3) is 0 Å². The van der Waals surface area contributed by atoms with Gasteiger partial charge in [-0.25, -0.2) is 0 Å². The van der Waals surface area contributed by atoms with Gasteiger partial charge in [0, 0.05) is 0 Å². The molecule has 2 aromatic rings. The van der Waals surface area contributed by atoms with Crippen LogP contribution in [0.5, 0.6) is 5.75 Å². The Labute approximate surface area is 146 Å². The molecule has 1 saturated carbocycles. The molecular weight excluding hydrogens is 294 g/mol. The molecule has 2 heteroatoms. The Hall–Kier alpha value is -1.80. The average Bonchev–Trinajstić information content (AvgIpc) is 2.58. The average molecular weight is 323 g/mol. The summed E-state index contributed by atoms with van der Waals surface area (Å²) in [6, 6.07) is 19.1. The van der Waals surface area contributed by atoms with E-state index in [1.54, 1.807) is 0 Å². The van der Waals surface area contributed by atoms with Crippen molar-refractivity contribution in [2.45, 2.75) is 51.0 Å². The number of rotatable bonds is 8. The van der Waals surface area contributed by atoms with Crippen molar-refractivity contribution >= 4 is 0 Å². The maximum atomic E-state index is 5.91. The van der Waals surface area contributed by atoms with E-state index in [4.69, 9.17) is 10.5 Å². The van der Waals surface area contributed by atoms with Crippen molar-refractivity contribution < 1.29 is 4.74 Å². The zero-order valence-electron chi connectivity index (χ0n) is 14.7. The third-order valence-electron chi connectivity index (χ3n) is 5.42. The lowest BCUT2D eigenvalue weighted by Gasteiger charge is -2.44. The minimum Gasteiger partial charge on any atom is -0.489 e. The predicted molar refractivity (Wildman–Crippen MR) is 100 cm³/mol. The summed E-state index contributed by atoms with van der Waals surface area (Å²) in [5.41, 5.74) is 8.79. The van der Waals surface area contributed by atoms with Gasteiger partial charge in [-0.3, -0.25) is 0 Å². The summed E-state index contributed by atoms with van der Waals surface area (Å²) in [5, 5.41) is 0. The summed E-state index contributed by atoms with van der Waals surface area (Å²) in [4.78, 5) is 0. The van der Waals surface area contributed by atoms with E-state index in [1.807, 2.05) is 18.2 Å². The highest BCUT2D eigenvalue weighted by Gasteiger charge is 2.39. The Morgan fingerprint density at radius 1 is 1.04 bits per heavy atom. The molecule has 1 fully saturated rings. The number of ether oxygens (including phenoxy) is 1. The van der Waals surface area contributed by atoms with E-state index in [1.165, 1.54) is 36.8 Å². The molecule has 1 atom stereocenters. The SMILES string of the molecule is CC(CCN)CC1(c2ccc(OCc3ccccc3)cc2)CCC1. The summed E-state index contributed by atoms with van der Waals surface area (Å²) < 4.78 is 5.91. The number of benzene rings is 2. The first-order valence-corrected chi connectivity index (χ1v) is 9.19. The summed E-state index contributed by atoms with van der Waals surface area (Å²) in [6.45, 7) is 3.76. The zero-order chi connectivity index (χ0) is 16.8. The molecule has 1 aliphatic carbocycles. The minimum atomic E-state index is 0.381. The van der Waals surface area contributed by atoms with Gasteiger partial charge in [-0.1, -0.05) is 55.8 Å². The molecule has 2 nitrogen and oxygen atoms in total. The molecule has 1 aliphatic rings. The molecule has 0 heterocycles. The molecule has 0 radical (unpaired) electrons. The number of nitrogens with two attached hydrogens (primary N) is 1. The van der Waals surface area contributed by atoms with Crippen molar-refractivity contribution in [1.82, 2.24) is 0 Å². The summed E-state index contributed by atoms with van der Waals surface area (Å²) in [6.07, 6.45) is 6.36. The van der Waals surface area contributed by atoms with Crippen LogP contribution in [-0.2, 0) is 12.0 Å². The third-order valence-corrected chi connectivity index (χ3v) is 5.42. The van der Waals surface area contributed by atoms with Gasteiger partial charge in [0.15, 0.2) is 0 Å². The van der Waals surface area contributed by atoms with Crippen molar-refractivity contribution in [2.24, 2.45) is 11.7 Å². The molecular formula is C22H29NO. The van der Waals surface area contributed by atoms with Gasteiger partial charge in [0.1, 0.15) is 12.4 Å². The van der Waals surface area contributed by atoms with E-state index in [2.05, 4.69) is 43.3 Å². The Balaban J connectivity index is 1.62. The number of hydrogen-bond acceptors (Lipinski definition) is 2. The first kappa shape index (κ1) is 17.0. The van der Waals surface area contributed by atoms with Crippen LogP contribution in [0.4, 0.5) is 0 Å². The highest BCUT2D eigenvalue weighted by atomic mass is 16.5. The minimum absolute atomic E-state index is 0.381. The van der Waals surface area contributed by atoms with Gasteiger partial charge in [0.2, 0.25) is 0 Å². The van der Waals surface area contributed by atoms with Gasteiger partial charge >= 0.3 is 0 Å². The molecule has 0 bridgehead atoms. The molecule has 2 N–H and O–H groups in total. The van der Waals surface area contributed by atoms with Crippen LogP contribution in [0, 0.1) is 5.92 Å². The van der Waals surface area contributed by atoms with E-state index in [9.17, 15) is 0 Å². The Morgan fingerprint density at radius 3 is 2.33 bits per heavy atom. The lowest BCUT2D eigenvalue weighted by Crippen LogP contribution is -2.36. The second-order valence-electron chi connectivity index (χ2n) is 7.32. The Kier molecular flexibility index (Phi) is 5.57. The fourth-order valence-electron chi connectivity index (χ4n) is 3.91. The van der Waals surface area contributed by atoms with Crippen LogP contribution >= 0.6 is 0 Å². The van der Waals surface area contributed by atoms with Crippen molar-refractivity contribution in [3.63, 3.8) is 0 Å². The van der Waals surface area contributed by atoms with Crippen LogP contribution in [0.15, 0.2) is 54.6 Å². The molecule has 0 saturated heterocycles. The largest absolute Gasteiger partial charge is 0.489 e. The molecule has 128 valence electrons. The van der Waals surface area contributed by atoms with Crippen LogP contribution < -0.4 is 10.5 Å². The van der Waals surface area contributed by atoms with Crippen molar-refractivity contribution in [2.75, 3.05) is 6.54 Å². The molecule has 1 unspecified atom stereocenters. The summed E-state index contributed by atoms with van der Waals surface area (Å²) in [7, 11) is 0. The van der Waals surface area contributed by atoms with Crippen LogP contribution in [-0.4, -0.2) is 6.54 Å². The van der Waals surface area contributed by atoms with E-state index in [-0.39, 0.29) is 0 Å². The van der Waals surface area contributed by atoms with E-state index in [0.717, 1.165) is 18.7 Å². The number of hydrogen-bond donors (Lipinski definition) is 1. The molecule has 0 aromatic heterocycles. The van der Waals surface area contributed by atoms with Crippen molar-refractivity contribution in [1.29, 1.82) is 0 Å². The third kappa shape index (κ3) is 3.99. The van der Waals surface area contributed by atoms with Gasteiger partial charge < -0.3 is 10.5 Å². The maximum Gasteiger partial charge on any atom is 0.119 e. The lowest BCUT2D eigenvalue weighted by molar-refractivity contribution is 0.191. The maximum absolute atomic E-state index is 5.91. The topological polar surface area (TPSA) is 35.2 Å². The van der Waals surface area contributed by atoms with Crippen LogP contribution in [0.2, 0.25) is 0 Å². The van der Waals surface area contributed by atoms with Crippen LogP contribution in [0.3, 0.4) is 0 Å². The molecule has 0 spiro atoms. The first-order valence-electron chi connectivity index (χ1n) is 9.19. The standard InChI is InChI=1S/C22H29NO/c1-18(12-15-23)16-22(13-5-14-22)20-8-10-21(11-9-20)24-17-19-6-3-2-4-7-19/h2-4,6-11,18H,5,12-17,23H2,1H3. The van der Waals surface area contributed by atoms with Gasteiger partial charge in [-0.2, -0.15) is 0 Å². The normalized spacial score (nSPS) is 17.1. The summed E-state index contributed by atoms with van der Waals surface area (Å²) in [5.74, 6) is 1.65. The molecule has 0 amide bonds. The molecule has 3 rings (SSSR count). The van der Waals surface area contributed by atoms with Crippen molar-refractivity contribution in [3.05, 3.63) is 65.7 Å². The van der Waals surface area contributed by atoms with Gasteiger partial charge in [0.05, 0.1) is 0 Å². The van der Waals surface area contributed by atoms with E-state index >= 15 is 0 Å². The molecule has 24 heavy (non-hydrogen) atoms. The quantitative estimate of drug-likeness (QED) is 0.736. The van der Waals surface area contributed by atoms with Crippen LogP contribution in [0.1, 0.15) is 50.2 Å². The smallest absolute Gasteiger partial charge is 0.119 e. The lowest BCUT2D eigenvalue weighted by atomic mass is 9.60. The zero-order valence-corrected chi connectivity index (χ0v) is 14.7. The monoisotopic (exact) mass is 323 g/mol. The Bertz CT molecular complexity index is 616. The van der Waals surface area contributed by atoms with E-state index < -0.39 is 0 Å². The molecule has 2 aromatic carbocycles. The summed E-state index contributed by atoms with van der Waals surface area (Å²) >= 11 is 0. The first-order chi connectivity index (χ1) is 11.7. The predicted octanol–water partition coefficient (Wildman–Crippen LogP) is 5.06. The van der Waals surface area contributed by atoms with Crippen molar-refractivity contribution in [3.8, 4) is 5.75 Å². The second-order valence-corrected chi connectivity index (χ2v) is 7.32. The fraction of sp³-hybridized carbons (Fsp3) is 0.455. The van der Waals surface area contributed by atoms with E-state index in [0.29, 0.717) is 17.9 Å².